The molecule has 0 saturated carbocycles. The molecule has 104 valence electrons. The second kappa shape index (κ2) is 4.64. The summed E-state index contributed by atoms with van der Waals surface area (Å²) >= 11 is 1.37. The van der Waals surface area contributed by atoms with Crippen LogP contribution in [0.4, 0.5) is 0 Å². The van der Waals surface area contributed by atoms with E-state index in [1.807, 2.05) is 18.2 Å². The van der Waals surface area contributed by atoms with Crippen molar-refractivity contribution in [3.05, 3.63) is 29.5 Å². The van der Waals surface area contributed by atoms with Gasteiger partial charge >= 0.3 is 0 Å². The van der Waals surface area contributed by atoms with Crippen LogP contribution in [0, 0.1) is 0 Å². The van der Waals surface area contributed by atoms with E-state index in [4.69, 9.17) is 10.7 Å². The lowest BCUT2D eigenvalue weighted by atomic mass is 9.91. The second-order valence-electron chi connectivity index (χ2n) is 5.80. The number of benzene rings is 1. The molecule has 0 amide bonds. The predicted octanol–water partition coefficient (Wildman–Crippen LogP) is 2.84. The highest BCUT2D eigenvalue weighted by Gasteiger charge is 2.25. The fourth-order valence-electron chi connectivity index (χ4n) is 2.20. The van der Waals surface area contributed by atoms with E-state index in [2.05, 4.69) is 35.3 Å². The van der Waals surface area contributed by atoms with Crippen LogP contribution >= 0.6 is 11.5 Å². The standard InChI is InChI=1S/C14H17N5S/c1-14(2,3)12-11(20-19-18-12)13-16-9-6-4-5-8(7-15)10(9)17-13/h4-6H,7,15H2,1-3H3,(H,16,17). The van der Waals surface area contributed by atoms with E-state index >= 15 is 0 Å². The van der Waals surface area contributed by atoms with Crippen LogP contribution in [-0.2, 0) is 12.0 Å². The molecule has 20 heavy (non-hydrogen) atoms. The van der Waals surface area contributed by atoms with E-state index in [1.165, 1.54) is 11.5 Å². The van der Waals surface area contributed by atoms with Gasteiger partial charge < -0.3 is 10.7 Å². The summed E-state index contributed by atoms with van der Waals surface area (Å²) in [7, 11) is 0. The van der Waals surface area contributed by atoms with E-state index < -0.39 is 0 Å². The van der Waals surface area contributed by atoms with Crippen LogP contribution in [0.25, 0.3) is 21.7 Å². The van der Waals surface area contributed by atoms with E-state index in [0.29, 0.717) is 6.54 Å². The monoisotopic (exact) mass is 287 g/mol. The quantitative estimate of drug-likeness (QED) is 0.759. The van der Waals surface area contributed by atoms with Gasteiger partial charge in [0.1, 0.15) is 4.88 Å². The average Bonchev–Trinajstić information content (AvgIpc) is 3.03. The van der Waals surface area contributed by atoms with E-state index in [0.717, 1.165) is 33.0 Å². The number of fused-ring (bicyclic) bond motifs is 1. The summed E-state index contributed by atoms with van der Waals surface area (Å²) in [6, 6.07) is 6.00. The lowest BCUT2D eigenvalue weighted by Crippen LogP contribution is -2.13. The van der Waals surface area contributed by atoms with Gasteiger partial charge in [-0.1, -0.05) is 37.4 Å². The Labute approximate surface area is 121 Å². The van der Waals surface area contributed by atoms with Crippen LogP contribution in [0.5, 0.6) is 0 Å². The number of H-pyrrole nitrogens is 1. The first-order valence-electron chi connectivity index (χ1n) is 6.51. The summed E-state index contributed by atoms with van der Waals surface area (Å²) in [5.74, 6) is 0.820. The zero-order chi connectivity index (χ0) is 14.3. The second-order valence-corrected chi connectivity index (χ2v) is 6.56. The zero-order valence-corrected chi connectivity index (χ0v) is 12.6. The largest absolute Gasteiger partial charge is 0.337 e. The van der Waals surface area contributed by atoms with Crippen molar-refractivity contribution in [2.45, 2.75) is 32.7 Å². The number of nitrogens with one attached hydrogen (secondary N) is 1. The average molecular weight is 287 g/mol. The van der Waals surface area contributed by atoms with Gasteiger partial charge in [-0.05, 0) is 23.2 Å². The molecule has 0 aliphatic heterocycles. The molecule has 0 radical (unpaired) electrons. The molecule has 1 aromatic carbocycles. The maximum absolute atomic E-state index is 5.77. The normalized spacial score (nSPS) is 12.2. The van der Waals surface area contributed by atoms with Crippen LogP contribution in [0.1, 0.15) is 32.0 Å². The molecule has 0 fully saturated rings. The molecular formula is C14H17N5S. The number of para-hydroxylation sites is 1. The first-order chi connectivity index (χ1) is 9.50. The van der Waals surface area contributed by atoms with Gasteiger partial charge in [-0.15, -0.1) is 5.10 Å². The number of aromatic nitrogens is 4. The fraction of sp³-hybridized carbons (Fsp3) is 0.357. The number of aromatic amines is 1. The minimum absolute atomic E-state index is 0.0575. The highest BCUT2D eigenvalue weighted by atomic mass is 32.1. The number of nitrogens with zero attached hydrogens (tertiary/aromatic N) is 3. The van der Waals surface area contributed by atoms with E-state index in [1.54, 1.807) is 0 Å². The molecule has 2 aromatic heterocycles. The third-order valence-corrected chi connectivity index (χ3v) is 3.96. The third kappa shape index (κ3) is 2.10. The number of rotatable bonds is 2. The smallest absolute Gasteiger partial charge is 0.152 e. The highest BCUT2D eigenvalue weighted by Crippen LogP contribution is 2.33. The molecule has 0 atom stereocenters. The fourth-order valence-corrected chi connectivity index (χ4v) is 3.02. The van der Waals surface area contributed by atoms with Crippen molar-refractivity contribution in [1.29, 1.82) is 0 Å². The molecule has 0 aliphatic rings. The van der Waals surface area contributed by atoms with Gasteiger partial charge in [-0.2, -0.15) is 0 Å². The molecule has 3 N–H and O–H groups in total. The van der Waals surface area contributed by atoms with Crippen molar-refractivity contribution in [3.8, 4) is 10.7 Å². The number of imidazole rings is 1. The Balaban J connectivity index is 2.19. The van der Waals surface area contributed by atoms with E-state index in [-0.39, 0.29) is 5.41 Å². The Bertz CT molecular complexity index is 750. The van der Waals surface area contributed by atoms with Gasteiger partial charge in [0.2, 0.25) is 0 Å². The van der Waals surface area contributed by atoms with Crippen molar-refractivity contribution in [2.24, 2.45) is 5.73 Å². The molecule has 0 bridgehead atoms. The SMILES string of the molecule is CC(C)(C)c1nnsc1-c1nc2c(CN)cccc2[nH]1. The number of hydrogen-bond donors (Lipinski definition) is 2. The first kappa shape index (κ1) is 13.2. The van der Waals surface area contributed by atoms with Gasteiger partial charge in [-0.3, -0.25) is 0 Å². The molecular weight excluding hydrogens is 270 g/mol. The highest BCUT2D eigenvalue weighted by molar-refractivity contribution is 7.09. The first-order valence-corrected chi connectivity index (χ1v) is 7.29. The minimum atomic E-state index is -0.0575. The van der Waals surface area contributed by atoms with Gasteiger partial charge in [0.25, 0.3) is 0 Å². The number of nitrogens with two attached hydrogens (primary N) is 1. The summed E-state index contributed by atoms with van der Waals surface area (Å²) in [6.07, 6.45) is 0. The lowest BCUT2D eigenvalue weighted by molar-refractivity contribution is 0.568. The molecule has 5 nitrogen and oxygen atoms in total. The van der Waals surface area contributed by atoms with Gasteiger partial charge in [0.05, 0.1) is 16.7 Å². The van der Waals surface area contributed by atoms with Gasteiger partial charge in [-0.25, -0.2) is 4.98 Å². The predicted molar refractivity (Wildman–Crippen MR) is 81.6 cm³/mol. The summed E-state index contributed by atoms with van der Waals surface area (Å²) in [6.45, 7) is 6.86. The number of hydrogen-bond acceptors (Lipinski definition) is 5. The molecule has 2 heterocycles. The van der Waals surface area contributed by atoms with Gasteiger partial charge in [0.15, 0.2) is 5.82 Å². The maximum Gasteiger partial charge on any atom is 0.152 e. The van der Waals surface area contributed by atoms with Crippen LogP contribution in [0.2, 0.25) is 0 Å². The molecule has 3 aromatic rings. The van der Waals surface area contributed by atoms with Gasteiger partial charge in [0, 0.05) is 12.0 Å². The van der Waals surface area contributed by atoms with Crippen LogP contribution < -0.4 is 5.73 Å². The van der Waals surface area contributed by atoms with Crippen molar-refractivity contribution >= 4 is 22.6 Å². The van der Waals surface area contributed by atoms with Crippen molar-refractivity contribution in [3.63, 3.8) is 0 Å². The molecule has 0 spiro atoms. The third-order valence-electron chi connectivity index (χ3n) is 3.23. The zero-order valence-electron chi connectivity index (χ0n) is 11.8. The summed E-state index contributed by atoms with van der Waals surface area (Å²) in [4.78, 5) is 9.04. The molecule has 6 heteroatoms. The van der Waals surface area contributed by atoms with Crippen molar-refractivity contribution in [1.82, 2.24) is 19.6 Å². The topological polar surface area (TPSA) is 80.5 Å². The van der Waals surface area contributed by atoms with Crippen LogP contribution in [-0.4, -0.2) is 19.6 Å². The van der Waals surface area contributed by atoms with Crippen molar-refractivity contribution in [2.75, 3.05) is 0 Å². The molecule has 0 aliphatic carbocycles. The minimum Gasteiger partial charge on any atom is -0.337 e. The van der Waals surface area contributed by atoms with Crippen LogP contribution in [0.15, 0.2) is 18.2 Å². The Hall–Kier alpha value is -1.79. The summed E-state index contributed by atoms with van der Waals surface area (Å²) in [5, 5.41) is 4.26. The summed E-state index contributed by atoms with van der Waals surface area (Å²) in [5.41, 5.74) is 9.64. The Morgan fingerprint density at radius 3 is 2.80 bits per heavy atom. The Kier molecular flexibility index (Phi) is 3.07. The van der Waals surface area contributed by atoms with E-state index in [9.17, 15) is 0 Å². The summed E-state index contributed by atoms with van der Waals surface area (Å²) < 4.78 is 4.08. The Morgan fingerprint density at radius 1 is 1.30 bits per heavy atom. The maximum atomic E-state index is 5.77. The Morgan fingerprint density at radius 2 is 2.10 bits per heavy atom. The molecule has 0 saturated heterocycles. The lowest BCUT2D eigenvalue weighted by Gasteiger charge is -2.15. The molecule has 3 rings (SSSR count). The molecule has 0 unspecified atom stereocenters. The van der Waals surface area contributed by atoms with Crippen molar-refractivity contribution < 1.29 is 0 Å². The van der Waals surface area contributed by atoms with Crippen LogP contribution in [0.3, 0.4) is 0 Å².